The van der Waals surface area contributed by atoms with E-state index in [9.17, 15) is 18.3 Å². The van der Waals surface area contributed by atoms with E-state index in [1.54, 1.807) is 13.8 Å². The molecule has 0 aromatic rings. The molecular formula is C12H26N2O5S. The number of nitrogens with one attached hydrogen (secondary N) is 1. The van der Waals surface area contributed by atoms with Crippen LogP contribution in [-0.4, -0.2) is 63.0 Å². The second-order valence-electron chi connectivity index (χ2n) is 4.90. The van der Waals surface area contributed by atoms with Gasteiger partial charge in [0.15, 0.2) is 5.78 Å². The summed E-state index contributed by atoms with van der Waals surface area (Å²) in [7, 11) is -3.25. The van der Waals surface area contributed by atoms with Crippen molar-refractivity contribution in [1.82, 2.24) is 9.79 Å². The van der Waals surface area contributed by atoms with Crippen molar-refractivity contribution in [2.75, 3.05) is 32.6 Å². The monoisotopic (exact) mass is 310 g/mol. The van der Waals surface area contributed by atoms with Gasteiger partial charge in [0.1, 0.15) is 6.04 Å². The number of hydrogen-bond acceptors (Lipinski definition) is 6. The van der Waals surface area contributed by atoms with Crippen LogP contribution in [0.2, 0.25) is 0 Å². The van der Waals surface area contributed by atoms with Crippen LogP contribution in [-0.2, 0) is 19.7 Å². The molecule has 0 fully saturated rings. The third-order valence-corrected chi connectivity index (χ3v) is 3.31. The van der Waals surface area contributed by atoms with Crippen molar-refractivity contribution in [3.63, 3.8) is 0 Å². The van der Waals surface area contributed by atoms with E-state index in [-0.39, 0.29) is 31.5 Å². The fourth-order valence-electron chi connectivity index (χ4n) is 1.63. The third kappa shape index (κ3) is 7.91. The molecule has 0 radical (unpaired) electrons. The van der Waals surface area contributed by atoms with E-state index in [0.717, 1.165) is 12.7 Å². The van der Waals surface area contributed by atoms with Gasteiger partial charge >= 0.3 is 0 Å². The first kappa shape index (κ1) is 19.5. The van der Waals surface area contributed by atoms with Gasteiger partial charge < -0.3 is 5.11 Å². The number of rotatable bonds is 11. The molecule has 0 bridgehead atoms. The lowest BCUT2D eigenvalue weighted by Crippen LogP contribution is -2.46. The summed E-state index contributed by atoms with van der Waals surface area (Å²) < 4.78 is 24.1. The summed E-state index contributed by atoms with van der Waals surface area (Å²) in [6.07, 6.45) is 1.82. The van der Waals surface area contributed by atoms with Crippen molar-refractivity contribution < 1.29 is 23.2 Å². The first-order valence-electron chi connectivity index (χ1n) is 6.71. The average Bonchev–Trinajstić information content (AvgIpc) is 2.33. The standard InChI is InChI=1S/C12H26N2O5S/c1-5-7-14(11(9-15)12(16)10(2)3)19-8-6-13-20(4,17)18/h10-11,13,15H,5-9H2,1-4H3. The van der Waals surface area contributed by atoms with E-state index in [1.165, 1.54) is 5.06 Å². The highest BCUT2D eigenvalue weighted by molar-refractivity contribution is 7.88. The van der Waals surface area contributed by atoms with Crippen LogP contribution in [0.15, 0.2) is 0 Å². The predicted molar refractivity (Wildman–Crippen MR) is 76.5 cm³/mol. The van der Waals surface area contributed by atoms with E-state index in [2.05, 4.69) is 4.72 Å². The van der Waals surface area contributed by atoms with Gasteiger partial charge in [-0.3, -0.25) is 9.63 Å². The molecular weight excluding hydrogens is 284 g/mol. The highest BCUT2D eigenvalue weighted by Gasteiger charge is 2.27. The Balaban J connectivity index is 4.49. The minimum absolute atomic E-state index is 0.1000. The van der Waals surface area contributed by atoms with E-state index in [4.69, 9.17) is 4.84 Å². The molecule has 0 aliphatic rings. The normalized spacial score (nSPS) is 13.9. The molecule has 0 saturated heterocycles. The zero-order valence-electron chi connectivity index (χ0n) is 12.6. The van der Waals surface area contributed by atoms with Gasteiger partial charge in [-0.1, -0.05) is 20.8 Å². The van der Waals surface area contributed by atoms with Gasteiger partial charge in [0.25, 0.3) is 0 Å². The fourth-order valence-corrected chi connectivity index (χ4v) is 2.08. The SMILES string of the molecule is CCCN(OCCNS(C)(=O)=O)C(CO)C(=O)C(C)C. The quantitative estimate of drug-likeness (QED) is 0.404. The zero-order chi connectivity index (χ0) is 15.8. The molecule has 0 amide bonds. The Kier molecular flexibility index (Phi) is 9.15. The average molecular weight is 310 g/mol. The summed E-state index contributed by atoms with van der Waals surface area (Å²) in [6, 6.07) is -0.715. The summed E-state index contributed by atoms with van der Waals surface area (Å²) in [6.45, 7) is 5.85. The lowest BCUT2D eigenvalue weighted by Gasteiger charge is -2.29. The maximum Gasteiger partial charge on any atom is 0.208 e. The molecule has 0 rings (SSSR count). The number of carbonyl (C=O) groups excluding carboxylic acids is 1. The molecule has 0 aromatic heterocycles. The summed E-state index contributed by atoms with van der Waals surface area (Å²) in [4.78, 5) is 17.4. The number of hydrogen-bond donors (Lipinski definition) is 2. The maximum absolute atomic E-state index is 12.0. The fraction of sp³-hybridized carbons (Fsp3) is 0.917. The minimum Gasteiger partial charge on any atom is -0.394 e. The second kappa shape index (κ2) is 9.41. The molecule has 20 heavy (non-hydrogen) atoms. The number of ketones is 1. The minimum atomic E-state index is -3.25. The number of Topliss-reactive ketones (excluding diaryl/α,β-unsaturated/α-hetero) is 1. The Morgan fingerprint density at radius 2 is 2.00 bits per heavy atom. The Morgan fingerprint density at radius 1 is 1.40 bits per heavy atom. The van der Waals surface area contributed by atoms with Crippen molar-refractivity contribution in [1.29, 1.82) is 0 Å². The number of sulfonamides is 1. The Bertz CT molecular complexity index is 383. The molecule has 8 heteroatoms. The molecule has 2 N–H and O–H groups in total. The number of hydroxylamine groups is 2. The van der Waals surface area contributed by atoms with E-state index < -0.39 is 16.1 Å². The Morgan fingerprint density at radius 3 is 2.40 bits per heavy atom. The lowest BCUT2D eigenvalue weighted by molar-refractivity contribution is -0.195. The van der Waals surface area contributed by atoms with Crippen LogP contribution >= 0.6 is 0 Å². The number of aliphatic hydroxyl groups is 1. The molecule has 1 unspecified atom stereocenters. The molecule has 0 heterocycles. The van der Waals surface area contributed by atoms with Crippen LogP contribution in [0.5, 0.6) is 0 Å². The van der Waals surface area contributed by atoms with Crippen LogP contribution in [0.1, 0.15) is 27.2 Å². The zero-order valence-corrected chi connectivity index (χ0v) is 13.4. The van der Waals surface area contributed by atoms with Crippen LogP contribution < -0.4 is 4.72 Å². The van der Waals surface area contributed by atoms with E-state index in [1.807, 2.05) is 6.92 Å². The number of nitrogens with zero attached hydrogens (tertiary/aromatic N) is 1. The largest absolute Gasteiger partial charge is 0.394 e. The lowest BCUT2D eigenvalue weighted by atomic mass is 10.0. The van der Waals surface area contributed by atoms with Crippen molar-refractivity contribution in [2.45, 2.75) is 33.2 Å². The summed E-state index contributed by atoms with van der Waals surface area (Å²) >= 11 is 0. The van der Waals surface area contributed by atoms with Gasteiger partial charge in [-0.25, -0.2) is 13.1 Å². The van der Waals surface area contributed by atoms with Crippen LogP contribution in [0.3, 0.4) is 0 Å². The second-order valence-corrected chi connectivity index (χ2v) is 6.73. The van der Waals surface area contributed by atoms with E-state index in [0.29, 0.717) is 6.54 Å². The molecule has 0 saturated carbocycles. The van der Waals surface area contributed by atoms with Crippen molar-refractivity contribution in [2.24, 2.45) is 5.92 Å². The molecule has 0 aliphatic heterocycles. The van der Waals surface area contributed by atoms with Gasteiger partial charge in [-0.2, -0.15) is 5.06 Å². The molecule has 1 atom stereocenters. The summed E-state index contributed by atoms with van der Waals surface area (Å²) in [5.41, 5.74) is 0. The van der Waals surface area contributed by atoms with Crippen molar-refractivity contribution in [3.8, 4) is 0 Å². The number of aliphatic hydroxyl groups excluding tert-OH is 1. The van der Waals surface area contributed by atoms with Gasteiger partial charge in [0, 0.05) is 19.0 Å². The number of carbonyl (C=O) groups is 1. The highest BCUT2D eigenvalue weighted by atomic mass is 32.2. The highest BCUT2D eigenvalue weighted by Crippen LogP contribution is 2.09. The van der Waals surface area contributed by atoms with Gasteiger partial charge in [0.05, 0.1) is 19.5 Å². The smallest absolute Gasteiger partial charge is 0.208 e. The molecule has 0 aliphatic carbocycles. The first-order chi connectivity index (χ1) is 9.22. The topological polar surface area (TPSA) is 95.9 Å². The maximum atomic E-state index is 12.0. The van der Waals surface area contributed by atoms with E-state index >= 15 is 0 Å². The first-order valence-corrected chi connectivity index (χ1v) is 8.60. The van der Waals surface area contributed by atoms with Gasteiger partial charge in [0.2, 0.25) is 10.0 Å². The predicted octanol–water partition coefficient (Wildman–Crippen LogP) is -0.235. The molecule has 7 nitrogen and oxygen atoms in total. The van der Waals surface area contributed by atoms with Gasteiger partial charge in [-0.15, -0.1) is 0 Å². The third-order valence-electron chi connectivity index (χ3n) is 2.59. The van der Waals surface area contributed by atoms with Gasteiger partial charge in [-0.05, 0) is 6.42 Å². The Labute approximate surface area is 121 Å². The van der Waals surface area contributed by atoms with Crippen molar-refractivity contribution >= 4 is 15.8 Å². The summed E-state index contributed by atoms with van der Waals surface area (Å²) in [5.74, 6) is -0.304. The Hall–Kier alpha value is -0.540. The van der Waals surface area contributed by atoms with Crippen LogP contribution in [0.25, 0.3) is 0 Å². The van der Waals surface area contributed by atoms with Crippen molar-refractivity contribution in [3.05, 3.63) is 0 Å². The summed E-state index contributed by atoms with van der Waals surface area (Å²) in [5, 5.41) is 10.8. The molecule has 0 spiro atoms. The molecule has 120 valence electrons. The molecule has 0 aromatic carbocycles. The van der Waals surface area contributed by atoms with Crippen LogP contribution in [0.4, 0.5) is 0 Å². The van der Waals surface area contributed by atoms with Crippen LogP contribution in [0, 0.1) is 5.92 Å².